The molecule has 0 fully saturated rings. The number of H-pyrrole nitrogens is 1. The van der Waals surface area contributed by atoms with Crippen LogP contribution in [0, 0.1) is 0 Å². The summed E-state index contributed by atoms with van der Waals surface area (Å²) in [5.74, 6) is 0. The number of aromatic nitrogens is 1. The summed E-state index contributed by atoms with van der Waals surface area (Å²) < 4.78 is 0. The number of para-hydroxylation sites is 1. The molecule has 1 aromatic carbocycles. The summed E-state index contributed by atoms with van der Waals surface area (Å²) in [7, 11) is 2.74. The van der Waals surface area contributed by atoms with Crippen molar-refractivity contribution in [2.24, 2.45) is 0 Å². The second-order valence-electron chi connectivity index (χ2n) is 2.56. The monoisotopic (exact) mass is 199 g/mol. The van der Waals surface area contributed by atoms with Crippen LogP contribution < -0.4 is 0 Å². The van der Waals surface area contributed by atoms with Crippen LogP contribution in [0.25, 0.3) is 10.9 Å². The van der Waals surface area contributed by atoms with Crippen LogP contribution in [0.4, 0.5) is 0 Å². The molecule has 1 N–H and O–H groups in total. The average Bonchev–Trinajstić information content (AvgIpc) is 2.47. The van der Waals surface area contributed by atoms with Crippen LogP contribution in [0.15, 0.2) is 30.5 Å². The van der Waals surface area contributed by atoms with Gasteiger partial charge in [-0.3, -0.25) is 0 Å². The highest BCUT2D eigenvalue weighted by Gasteiger charge is 1.98. The standard InChI is InChI=1S/C9H10NP.ClH/c11-6-7-5-10-9-4-2-1-3-8(7)9;/h1-5,10H,6,11H2;1H. The summed E-state index contributed by atoms with van der Waals surface area (Å²) in [4.78, 5) is 3.23. The van der Waals surface area contributed by atoms with Crippen molar-refractivity contribution in [1.82, 2.24) is 4.98 Å². The maximum absolute atomic E-state index is 3.23. The molecule has 64 valence electrons. The lowest BCUT2D eigenvalue weighted by atomic mass is 10.2. The van der Waals surface area contributed by atoms with Crippen LogP contribution in [0.1, 0.15) is 5.56 Å². The van der Waals surface area contributed by atoms with E-state index < -0.39 is 0 Å². The molecule has 1 aromatic heterocycles. The molecule has 3 heteroatoms. The quantitative estimate of drug-likeness (QED) is 0.680. The van der Waals surface area contributed by atoms with E-state index in [9.17, 15) is 0 Å². The van der Waals surface area contributed by atoms with Gasteiger partial charge in [0.15, 0.2) is 0 Å². The summed E-state index contributed by atoms with van der Waals surface area (Å²) >= 11 is 0. The Bertz CT molecular complexity index is 369. The van der Waals surface area contributed by atoms with Crippen molar-refractivity contribution >= 4 is 32.5 Å². The van der Waals surface area contributed by atoms with E-state index in [1.54, 1.807) is 0 Å². The second-order valence-corrected chi connectivity index (χ2v) is 2.97. The lowest BCUT2D eigenvalue weighted by Crippen LogP contribution is -1.70. The molecular weight excluding hydrogens is 189 g/mol. The fourth-order valence-corrected chi connectivity index (χ4v) is 1.64. The Hall–Kier alpha value is -0.520. The highest BCUT2D eigenvalue weighted by Crippen LogP contribution is 2.19. The third-order valence-corrected chi connectivity index (χ3v) is 2.33. The first kappa shape index (κ1) is 9.57. The minimum atomic E-state index is 0. The lowest BCUT2D eigenvalue weighted by Gasteiger charge is -1.90. The van der Waals surface area contributed by atoms with Gasteiger partial charge in [-0.2, -0.15) is 0 Å². The molecular formula is C9H11ClNP. The van der Waals surface area contributed by atoms with Gasteiger partial charge in [-0.15, -0.1) is 21.6 Å². The number of nitrogens with one attached hydrogen (secondary N) is 1. The van der Waals surface area contributed by atoms with Crippen molar-refractivity contribution < 1.29 is 0 Å². The molecule has 0 amide bonds. The Labute approximate surface area is 80.2 Å². The van der Waals surface area contributed by atoms with Crippen LogP contribution in [-0.4, -0.2) is 4.98 Å². The predicted molar refractivity (Wildman–Crippen MR) is 59.0 cm³/mol. The minimum Gasteiger partial charge on any atom is -0.361 e. The summed E-state index contributed by atoms with van der Waals surface area (Å²) in [5.41, 5.74) is 2.59. The summed E-state index contributed by atoms with van der Waals surface area (Å²) in [6, 6.07) is 8.36. The number of fused-ring (bicyclic) bond motifs is 1. The molecule has 0 bridgehead atoms. The normalized spacial score (nSPS) is 9.75. The first-order valence-corrected chi connectivity index (χ1v) is 4.48. The molecule has 1 atom stereocenters. The zero-order chi connectivity index (χ0) is 7.68. The molecule has 0 spiro atoms. The van der Waals surface area contributed by atoms with Crippen molar-refractivity contribution in [2.45, 2.75) is 6.16 Å². The highest BCUT2D eigenvalue weighted by atomic mass is 35.5. The zero-order valence-corrected chi connectivity index (χ0v) is 8.55. The van der Waals surface area contributed by atoms with Gasteiger partial charge in [0.2, 0.25) is 0 Å². The van der Waals surface area contributed by atoms with Gasteiger partial charge >= 0.3 is 0 Å². The first-order chi connectivity index (χ1) is 5.42. The Kier molecular flexibility index (Phi) is 3.13. The molecule has 0 saturated heterocycles. The van der Waals surface area contributed by atoms with Crippen LogP contribution in [-0.2, 0) is 6.16 Å². The molecule has 1 heterocycles. The molecule has 2 rings (SSSR count). The van der Waals surface area contributed by atoms with E-state index in [1.807, 2.05) is 6.07 Å². The van der Waals surface area contributed by atoms with Crippen molar-refractivity contribution in [3.05, 3.63) is 36.0 Å². The number of rotatable bonds is 1. The maximum Gasteiger partial charge on any atom is 0.0456 e. The number of aromatic amines is 1. The molecule has 0 aliphatic rings. The molecule has 0 saturated carbocycles. The van der Waals surface area contributed by atoms with E-state index >= 15 is 0 Å². The van der Waals surface area contributed by atoms with E-state index in [0.717, 1.165) is 6.16 Å². The van der Waals surface area contributed by atoms with Gasteiger partial charge in [0.25, 0.3) is 0 Å². The van der Waals surface area contributed by atoms with E-state index in [4.69, 9.17) is 0 Å². The second kappa shape index (κ2) is 3.93. The summed E-state index contributed by atoms with van der Waals surface area (Å²) in [6.07, 6.45) is 3.08. The molecule has 0 radical (unpaired) electrons. The van der Waals surface area contributed by atoms with E-state index in [-0.39, 0.29) is 12.4 Å². The Balaban J connectivity index is 0.000000720. The average molecular weight is 200 g/mol. The maximum atomic E-state index is 3.23. The molecule has 0 aliphatic heterocycles. The van der Waals surface area contributed by atoms with Crippen LogP contribution in [0.3, 0.4) is 0 Å². The van der Waals surface area contributed by atoms with Crippen LogP contribution in [0.2, 0.25) is 0 Å². The first-order valence-electron chi connectivity index (χ1n) is 3.67. The Morgan fingerprint density at radius 3 is 2.75 bits per heavy atom. The van der Waals surface area contributed by atoms with Crippen molar-refractivity contribution in [3.63, 3.8) is 0 Å². The van der Waals surface area contributed by atoms with Gasteiger partial charge < -0.3 is 4.98 Å². The van der Waals surface area contributed by atoms with E-state index in [1.165, 1.54) is 16.5 Å². The topological polar surface area (TPSA) is 15.8 Å². The van der Waals surface area contributed by atoms with Gasteiger partial charge in [0.1, 0.15) is 0 Å². The Morgan fingerprint density at radius 2 is 2.00 bits per heavy atom. The molecule has 0 aliphatic carbocycles. The summed E-state index contributed by atoms with van der Waals surface area (Å²) in [5, 5.41) is 1.34. The van der Waals surface area contributed by atoms with Gasteiger partial charge in [-0.1, -0.05) is 18.2 Å². The third kappa shape index (κ3) is 1.48. The van der Waals surface area contributed by atoms with Gasteiger partial charge in [-0.25, -0.2) is 0 Å². The number of hydrogen-bond donors (Lipinski definition) is 1. The predicted octanol–water partition coefficient (Wildman–Crippen LogP) is 2.96. The van der Waals surface area contributed by atoms with Crippen molar-refractivity contribution in [3.8, 4) is 0 Å². The van der Waals surface area contributed by atoms with Gasteiger partial charge in [-0.05, 0) is 17.8 Å². The SMILES string of the molecule is Cl.PCc1c[nH]c2ccccc12. The smallest absolute Gasteiger partial charge is 0.0456 e. The van der Waals surface area contributed by atoms with Gasteiger partial charge in [0.05, 0.1) is 0 Å². The fourth-order valence-electron chi connectivity index (χ4n) is 1.30. The third-order valence-electron chi connectivity index (χ3n) is 1.89. The lowest BCUT2D eigenvalue weighted by molar-refractivity contribution is 1.40. The fraction of sp³-hybridized carbons (Fsp3) is 0.111. The Morgan fingerprint density at radius 1 is 1.25 bits per heavy atom. The van der Waals surface area contributed by atoms with E-state index in [0.29, 0.717) is 0 Å². The molecule has 12 heavy (non-hydrogen) atoms. The van der Waals surface area contributed by atoms with Gasteiger partial charge in [0, 0.05) is 17.1 Å². The zero-order valence-electron chi connectivity index (χ0n) is 6.58. The summed E-state index contributed by atoms with van der Waals surface area (Å²) in [6.45, 7) is 0. The van der Waals surface area contributed by atoms with Crippen molar-refractivity contribution in [2.75, 3.05) is 0 Å². The number of benzene rings is 1. The molecule has 1 unspecified atom stereocenters. The van der Waals surface area contributed by atoms with Crippen LogP contribution in [0.5, 0.6) is 0 Å². The largest absolute Gasteiger partial charge is 0.361 e. The minimum absolute atomic E-state index is 0. The molecule has 2 aromatic rings. The van der Waals surface area contributed by atoms with Crippen LogP contribution >= 0.6 is 21.6 Å². The number of halogens is 1. The number of hydrogen-bond acceptors (Lipinski definition) is 0. The highest BCUT2D eigenvalue weighted by molar-refractivity contribution is 7.15. The van der Waals surface area contributed by atoms with Crippen molar-refractivity contribution in [1.29, 1.82) is 0 Å². The van der Waals surface area contributed by atoms with E-state index in [2.05, 4.69) is 38.6 Å². The molecule has 1 nitrogen and oxygen atoms in total.